The second kappa shape index (κ2) is 12.1. The number of carbonyl (C=O) groups is 2. The zero-order valence-corrected chi connectivity index (χ0v) is 19.4. The molecular formula is C27H27NO6. The summed E-state index contributed by atoms with van der Waals surface area (Å²) in [6.07, 6.45) is 3.14. The highest BCUT2D eigenvalue weighted by Gasteiger charge is 2.12. The number of allylic oxidation sites excluding steroid dienone is 1. The second-order valence-electron chi connectivity index (χ2n) is 7.11. The van der Waals surface area contributed by atoms with E-state index in [9.17, 15) is 9.59 Å². The lowest BCUT2D eigenvalue weighted by Crippen LogP contribution is -2.20. The van der Waals surface area contributed by atoms with Gasteiger partial charge in [0.05, 0.1) is 26.4 Å². The summed E-state index contributed by atoms with van der Waals surface area (Å²) in [6, 6.07) is 19.4. The SMILES string of the molecule is CCOc1cc(/C=C/C(=O)c2ccc(OC)cc2OC)ccc1OCC(=O)Nc1ccccc1. The number of ether oxygens (including phenoxy) is 4. The number of hydrogen-bond donors (Lipinski definition) is 1. The molecule has 0 aliphatic rings. The van der Waals surface area contributed by atoms with Gasteiger partial charge in [0.2, 0.25) is 0 Å². The van der Waals surface area contributed by atoms with Crippen LogP contribution in [0.2, 0.25) is 0 Å². The quantitative estimate of drug-likeness (QED) is 0.319. The molecule has 1 N–H and O–H groups in total. The van der Waals surface area contributed by atoms with Crippen LogP contribution < -0.4 is 24.3 Å². The maximum absolute atomic E-state index is 12.7. The van der Waals surface area contributed by atoms with E-state index in [0.717, 1.165) is 5.56 Å². The van der Waals surface area contributed by atoms with Crippen molar-refractivity contribution in [3.05, 3.63) is 83.9 Å². The van der Waals surface area contributed by atoms with E-state index in [4.69, 9.17) is 18.9 Å². The van der Waals surface area contributed by atoms with Crippen LogP contribution in [0.15, 0.2) is 72.8 Å². The maximum atomic E-state index is 12.7. The van der Waals surface area contributed by atoms with Crippen molar-refractivity contribution in [1.29, 1.82) is 0 Å². The van der Waals surface area contributed by atoms with Gasteiger partial charge in [-0.05, 0) is 55.0 Å². The van der Waals surface area contributed by atoms with Gasteiger partial charge in [0.1, 0.15) is 11.5 Å². The molecule has 0 bridgehead atoms. The first-order valence-corrected chi connectivity index (χ1v) is 10.7. The molecule has 0 aliphatic heterocycles. The molecule has 3 aromatic carbocycles. The molecule has 0 fully saturated rings. The fourth-order valence-corrected chi connectivity index (χ4v) is 3.14. The molecule has 0 unspecified atom stereocenters. The molecule has 0 aliphatic carbocycles. The van der Waals surface area contributed by atoms with Crippen molar-refractivity contribution in [2.75, 3.05) is 32.8 Å². The third-order valence-electron chi connectivity index (χ3n) is 4.79. The van der Waals surface area contributed by atoms with Crippen molar-refractivity contribution in [1.82, 2.24) is 0 Å². The topological polar surface area (TPSA) is 83.1 Å². The zero-order valence-electron chi connectivity index (χ0n) is 19.4. The third-order valence-corrected chi connectivity index (χ3v) is 4.79. The smallest absolute Gasteiger partial charge is 0.262 e. The van der Waals surface area contributed by atoms with Crippen LogP contribution in [0.3, 0.4) is 0 Å². The van der Waals surface area contributed by atoms with Gasteiger partial charge in [-0.2, -0.15) is 0 Å². The number of amides is 1. The third kappa shape index (κ3) is 6.62. The number of methoxy groups -OCH3 is 2. The number of benzene rings is 3. The monoisotopic (exact) mass is 461 g/mol. The van der Waals surface area contributed by atoms with Crippen LogP contribution in [0, 0.1) is 0 Å². The highest BCUT2D eigenvalue weighted by molar-refractivity contribution is 6.08. The summed E-state index contributed by atoms with van der Waals surface area (Å²) in [4.78, 5) is 24.9. The molecule has 0 aromatic heterocycles. The van der Waals surface area contributed by atoms with Crippen molar-refractivity contribution in [3.8, 4) is 23.0 Å². The molecule has 176 valence electrons. The molecule has 3 aromatic rings. The van der Waals surface area contributed by atoms with Crippen molar-refractivity contribution in [3.63, 3.8) is 0 Å². The molecule has 34 heavy (non-hydrogen) atoms. The molecule has 7 nitrogen and oxygen atoms in total. The van der Waals surface area contributed by atoms with Crippen molar-refractivity contribution in [2.45, 2.75) is 6.92 Å². The van der Waals surface area contributed by atoms with E-state index >= 15 is 0 Å². The van der Waals surface area contributed by atoms with Crippen LogP contribution >= 0.6 is 0 Å². The van der Waals surface area contributed by atoms with E-state index in [2.05, 4.69) is 5.32 Å². The van der Waals surface area contributed by atoms with Gasteiger partial charge in [-0.3, -0.25) is 9.59 Å². The van der Waals surface area contributed by atoms with Gasteiger partial charge in [0.15, 0.2) is 23.9 Å². The lowest BCUT2D eigenvalue weighted by Gasteiger charge is -2.13. The first kappa shape index (κ1) is 24.4. The molecule has 0 atom stereocenters. The Morgan fingerprint density at radius 3 is 2.35 bits per heavy atom. The van der Waals surface area contributed by atoms with Gasteiger partial charge in [-0.15, -0.1) is 0 Å². The first-order chi connectivity index (χ1) is 16.5. The summed E-state index contributed by atoms with van der Waals surface area (Å²) in [5.41, 5.74) is 1.86. The Kier molecular flexibility index (Phi) is 8.68. The van der Waals surface area contributed by atoms with E-state index in [1.165, 1.54) is 13.2 Å². The molecule has 1 amide bonds. The number of para-hydroxylation sites is 1. The van der Waals surface area contributed by atoms with Crippen molar-refractivity contribution >= 4 is 23.5 Å². The molecule has 0 radical (unpaired) electrons. The minimum atomic E-state index is -0.281. The summed E-state index contributed by atoms with van der Waals surface area (Å²) < 4.78 is 21.8. The summed E-state index contributed by atoms with van der Waals surface area (Å²) in [5, 5.41) is 2.77. The number of hydrogen-bond acceptors (Lipinski definition) is 6. The normalized spacial score (nSPS) is 10.6. The van der Waals surface area contributed by atoms with Crippen LogP contribution in [0.25, 0.3) is 6.08 Å². The highest BCUT2D eigenvalue weighted by Crippen LogP contribution is 2.30. The Morgan fingerprint density at radius 1 is 0.853 bits per heavy atom. The number of rotatable bonds is 11. The summed E-state index contributed by atoms with van der Waals surface area (Å²) in [5.74, 6) is 1.46. The Bertz CT molecular complexity index is 1160. The van der Waals surface area contributed by atoms with E-state index in [1.807, 2.05) is 25.1 Å². The molecule has 0 saturated carbocycles. The van der Waals surface area contributed by atoms with Crippen LogP contribution in [-0.4, -0.2) is 39.1 Å². The number of anilines is 1. The van der Waals surface area contributed by atoms with Gasteiger partial charge in [-0.25, -0.2) is 0 Å². The average molecular weight is 462 g/mol. The first-order valence-electron chi connectivity index (χ1n) is 10.7. The van der Waals surface area contributed by atoms with E-state index in [1.54, 1.807) is 61.7 Å². The molecule has 3 rings (SSSR count). The molecule has 7 heteroatoms. The number of carbonyl (C=O) groups excluding carboxylic acids is 2. The van der Waals surface area contributed by atoms with Crippen molar-refractivity contribution in [2.24, 2.45) is 0 Å². The predicted molar refractivity (Wildman–Crippen MR) is 131 cm³/mol. The summed E-state index contributed by atoms with van der Waals surface area (Å²) in [6.45, 7) is 2.11. The minimum Gasteiger partial charge on any atom is -0.497 e. The summed E-state index contributed by atoms with van der Waals surface area (Å²) >= 11 is 0. The molecule has 0 saturated heterocycles. The van der Waals surface area contributed by atoms with Gasteiger partial charge in [0.25, 0.3) is 5.91 Å². The predicted octanol–water partition coefficient (Wildman–Crippen LogP) is 5.02. The van der Waals surface area contributed by atoms with Crippen LogP contribution in [0.4, 0.5) is 5.69 Å². The second-order valence-corrected chi connectivity index (χ2v) is 7.11. The average Bonchev–Trinajstić information content (AvgIpc) is 2.87. The largest absolute Gasteiger partial charge is 0.497 e. The van der Waals surface area contributed by atoms with Crippen molar-refractivity contribution < 1.29 is 28.5 Å². The molecular weight excluding hydrogens is 434 g/mol. The number of nitrogens with one attached hydrogen (secondary N) is 1. The fraction of sp³-hybridized carbons (Fsp3) is 0.185. The summed E-state index contributed by atoms with van der Waals surface area (Å²) in [7, 11) is 3.05. The highest BCUT2D eigenvalue weighted by atomic mass is 16.5. The molecule has 0 spiro atoms. The minimum absolute atomic E-state index is 0.167. The Morgan fingerprint density at radius 2 is 1.65 bits per heavy atom. The van der Waals surface area contributed by atoms with Gasteiger partial charge in [-0.1, -0.05) is 30.3 Å². The fourth-order valence-electron chi connectivity index (χ4n) is 3.14. The van der Waals surface area contributed by atoms with Crippen LogP contribution in [-0.2, 0) is 4.79 Å². The van der Waals surface area contributed by atoms with Crippen LogP contribution in [0.5, 0.6) is 23.0 Å². The number of ketones is 1. The Balaban J connectivity index is 1.69. The zero-order chi connectivity index (χ0) is 24.3. The lowest BCUT2D eigenvalue weighted by molar-refractivity contribution is -0.118. The van der Waals surface area contributed by atoms with Gasteiger partial charge in [0, 0.05) is 11.8 Å². The van der Waals surface area contributed by atoms with E-state index < -0.39 is 0 Å². The van der Waals surface area contributed by atoms with Crippen LogP contribution in [0.1, 0.15) is 22.8 Å². The Hall–Kier alpha value is -4.26. The molecule has 0 heterocycles. The van der Waals surface area contributed by atoms with Gasteiger partial charge < -0.3 is 24.3 Å². The van der Waals surface area contributed by atoms with E-state index in [0.29, 0.717) is 40.9 Å². The van der Waals surface area contributed by atoms with Gasteiger partial charge >= 0.3 is 0 Å². The van der Waals surface area contributed by atoms with E-state index in [-0.39, 0.29) is 18.3 Å². The standard InChI is InChI=1S/C27H27NO6/c1-4-33-26-16-19(10-14-23(29)22-13-12-21(31-2)17-25(22)32-3)11-15-24(26)34-18-27(30)28-20-8-6-5-7-9-20/h5-17H,4,18H2,1-3H3,(H,28,30)/b14-10+. The Labute approximate surface area is 198 Å². The maximum Gasteiger partial charge on any atom is 0.262 e. The lowest BCUT2D eigenvalue weighted by atomic mass is 10.1.